The number of unbranched alkanes of at least 4 members (excludes halogenated alkanes) is 1. The van der Waals surface area contributed by atoms with Crippen LogP contribution in [0.2, 0.25) is 0 Å². The van der Waals surface area contributed by atoms with Crippen LogP contribution in [0.25, 0.3) is 11.1 Å². The zero-order chi connectivity index (χ0) is 27.2. The average molecular weight is 532 g/mol. The molecule has 1 fully saturated rings. The maximum absolute atomic E-state index is 13.1. The van der Waals surface area contributed by atoms with Crippen LogP contribution in [0, 0.1) is 6.92 Å². The van der Waals surface area contributed by atoms with Crippen molar-refractivity contribution in [3.05, 3.63) is 137 Å². The van der Waals surface area contributed by atoms with E-state index in [4.69, 9.17) is 0 Å². The third-order valence-electron chi connectivity index (χ3n) is 7.05. The number of carbonyl (C=O) groups excluding carboxylic acids is 2. The van der Waals surface area contributed by atoms with E-state index in [9.17, 15) is 9.59 Å². The number of aryl methyl sites for hydroxylation is 1. The zero-order valence-corrected chi connectivity index (χ0v) is 23.3. The molecule has 5 rings (SSSR count). The molecule has 1 saturated heterocycles. The minimum absolute atomic E-state index is 0.0997. The van der Waals surface area contributed by atoms with E-state index in [2.05, 4.69) is 86.6 Å². The lowest BCUT2D eigenvalue weighted by molar-refractivity contribution is -0.121. The normalized spacial score (nSPS) is 15.9. The second-order valence-electron chi connectivity index (χ2n) is 9.88. The van der Waals surface area contributed by atoms with Crippen molar-refractivity contribution in [1.82, 2.24) is 0 Å². The largest absolute Gasteiger partial charge is 0.274 e. The maximum Gasteiger partial charge on any atom is 0.247 e. The van der Waals surface area contributed by atoms with Gasteiger partial charge in [0.15, 0.2) is 0 Å². The summed E-state index contributed by atoms with van der Waals surface area (Å²) in [6.45, 7) is 4.23. The van der Waals surface area contributed by atoms with Gasteiger partial charge in [-0.1, -0.05) is 116 Å². The van der Waals surface area contributed by atoms with E-state index < -0.39 is 0 Å². The summed E-state index contributed by atoms with van der Waals surface area (Å²) in [7, 11) is 0. The van der Waals surface area contributed by atoms with Gasteiger partial charge in [0.1, 0.15) is 0 Å². The van der Waals surface area contributed by atoms with Crippen LogP contribution in [0.5, 0.6) is 0 Å². The van der Waals surface area contributed by atoms with E-state index in [0.717, 1.165) is 52.0 Å². The number of imide groups is 1. The van der Waals surface area contributed by atoms with Crippen LogP contribution < -0.4 is 4.90 Å². The van der Waals surface area contributed by atoms with E-state index in [1.807, 2.05) is 36.4 Å². The molecular formula is C35H33NO2S. The number of rotatable bonds is 9. The molecule has 0 bridgehead atoms. The highest BCUT2D eigenvalue weighted by atomic mass is 32.2. The van der Waals surface area contributed by atoms with Gasteiger partial charge in [-0.2, -0.15) is 0 Å². The molecule has 39 heavy (non-hydrogen) atoms. The summed E-state index contributed by atoms with van der Waals surface area (Å²) in [4.78, 5) is 27.4. The van der Waals surface area contributed by atoms with Crippen molar-refractivity contribution < 1.29 is 9.59 Å². The molecule has 1 unspecified atom stereocenters. The smallest absolute Gasteiger partial charge is 0.247 e. The van der Waals surface area contributed by atoms with Crippen molar-refractivity contribution in [1.29, 1.82) is 0 Å². The van der Waals surface area contributed by atoms with Gasteiger partial charge in [-0.15, -0.1) is 11.8 Å². The van der Waals surface area contributed by atoms with Gasteiger partial charge in [0, 0.05) is 6.42 Å². The lowest BCUT2D eigenvalue weighted by Gasteiger charge is -2.20. The van der Waals surface area contributed by atoms with Gasteiger partial charge >= 0.3 is 0 Å². The van der Waals surface area contributed by atoms with Gasteiger partial charge in [0.05, 0.1) is 10.9 Å². The topological polar surface area (TPSA) is 37.4 Å². The Kier molecular flexibility index (Phi) is 8.43. The summed E-state index contributed by atoms with van der Waals surface area (Å²) >= 11 is 1.60. The number of hydrogen-bond donors (Lipinski definition) is 0. The van der Waals surface area contributed by atoms with Crippen molar-refractivity contribution in [3.8, 4) is 0 Å². The minimum Gasteiger partial charge on any atom is -0.274 e. The molecule has 4 heteroatoms. The van der Waals surface area contributed by atoms with Crippen LogP contribution in [-0.2, 0) is 9.59 Å². The number of carbonyl (C=O) groups is 2. The summed E-state index contributed by atoms with van der Waals surface area (Å²) in [5, 5.41) is -0.283. The monoisotopic (exact) mass is 531 g/mol. The Bertz CT molecular complexity index is 1460. The lowest BCUT2D eigenvalue weighted by atomic mass is 9.85. The Morgan fingerprint density at radius 1 is 0.718 bits per heavy atom. The fourth-order valence-electron chi connectivity index (χ4n) is 4.99. The highest BCUT2D eigenvalue weighted by Crippen LogP contribution is 2.38. The highest BCUT2D eigenvalue weighted by Gasteiger charge is 2.39. The number of benzene rings is 4. The number of nitrogens with zero attached hydrogens (tertiary/aromatic N) is 1. The first-order valence-electron chi connectivity index (χ1n) is 13.6. The Morgan fingerprint density at radius 2 is 1.21 bits per heavy atom. The molecule has 0 aromatic heterocycles. The Labute approximate surface area is 235 Å². The van der Waals surface area contributed by atoms with Crippen molar-refractivity contribution >= 4 is 40.4 Å². The molecule has 2 amide bonds. The van der Waals surface area contributed by atoms with Crippen molar-refractivity contribution in [2.75, 3.05) is 10.7 Å². The fraction of sp³-hybridized carbons (Fsp3) is 0.200. The van der Waals surface area contributed by atoms with Crippen LogP contribution in [0.15, 0.2) is 109 Å². The SMILES string of the molecule is CCCCSC1CC(=O)N(c2ccc(C(=C(c3ccccc3)c3ccc(C)cc3)c3ccccc3)cc2)C1=O. The second-order valence-corrected chi connectivity index (χ2v) is 11.2. The summed E-state index contributed by atoms with van der Waals surface area (Å²) in [6, 6.07) is 37.4. The molecular weight excluding hydrogens is 498 g/mol. The van der Waals surface area contributed by atoms with Crippen molar-refractivity contribution in [2.24, 2.45) is 0 Å². The third-order valence-corrected chi connectivity index (χ3v) is 8.35. The molecule has 196 valence electrons. The fourth-order valence-corrected chi connectivity index (χ4v) is 6.24. The summed E-state index contributed by atoms with van der Waals surface area (Å²) in [6.07, 6.45) is 2.41. The summed E-state index contributed by atoms with van der Waals surface area (Å²) in [5.74, 6) is 0.682. The van der Waals surface area contributed by atoms with Crippen LogP contribution in [0.4, 0.5) is 5.69 Å². The van der Waals surface area contributed by atoms with E-state index in [-0.39, 0.29) is 23.5 Å². The predicted molar refractivity (Wildman–Crippen MR) is 164 cm³/mol. The number of hydrogen-bond acceptors (Lipinski definition) is 3. The van der Waals surface area contributed by atoms with Gasteiger partial charge in [-0.05, 0) is 64.6 Å². The molecule has 0 N–H and O–H groups in total. The first-order valence-corrected chi connectivity index (χ1v) is 14.6. The van der Waals surface area contributed by atoms with Gasteiger partial charge in [0.2, 0.25) is 11.8 Å². The van der Waals surface area contributed by atoms with E-state index in [1.165, 1.54) is 10.5 Å². The van der Waals surface area contributed by atoms with Gasteiger partial charge < -0.3 is 0 Å². The van der Waals surface area contributed by atoms with Gasteiger partial charge in [-0.25, -0.2) is 4.90 Å². The van der Waals surface area contributed by atoms with Crippen LogP contribution in [-0.4, -0.2) is 22.8 Å². The quantitative estimate of drug-likeness (QED) is 0.124. The van der Waals surface area contributed by atoms with Crippen molar-refractivity contribution in [3.63, 3.8) is 0 Å². The molecule has 1 atom stereocenters. The molecule has 4 aromatic carbocycles. The van der Waals surface area contributed by atoms with E-state index in [1.54, 1.807) is 11.8 Å². The number of anilines is 1. The average Bonchev–Trinajstić information content (AvgIpc) is 3.26. The molecule has 0 saturated carbocycles. The minimum atomic E-state index is -0.283. The standard InChI is InChI=1S/C35H33NO2S/c1-3-4-23-39-31-24-32(37)36(35(31)38)30-21-19-29(20-22-30)34(27-13-9-6-10-14-27)33(26-11-7-5-8-12-26)28-17-15-25(2)16-18-28/h5-22,31H,3-4,23-24H2,1-2H3. The van der Waals surface area contributed by atoms with Crippen LogP contribution >= 0.6 is 11.8 Å². The van der Waals surface area contributed by atoms with Crippen LogP contribution in [0.1, 0.15) is 54.0 Å². The zero-order valence-electron chi connectivity index (χ0n) is 22.5. The molecule has 1 aliphatic rings. The molecule has 3 nitrogen and oxygen atoms in total. The first-order chi connectivity index (χ1) is 19.1. The molecule has 1 aliphatic heterocycles. The molecule has 4 aromatic rings. The van der Waals surface area contributed by atoms with Crippen LogP contribution in [0.3, 0.4) is 0 Å². The maximum atomic E-state index is 13.1. The van der Waals surface area contributed by atoms with Gasteiger partial charge in [0.25, 0.3) is 0 Å². The molecule has 0 spiro atoms. The number of thioether (sulfide) groups is 1. The van der Waals surface area contributed by atoms with E-state index in [0.29, 0.717) is 5.69 Å². The van der Waals surface area contributed by atoms with Gasteiger partial charge in [-0.3, -0.25) is 9.59 Å². The third kappa shape index (κ3) is 5.91. The predicted octanol–water partition coefficient (Wildman–Crippen LogP) is 8.17. The second kappa shape index (κ2) is 12.3. The Morgan fingerprint density at radius 3 is 1.72 bits per heavy atom. The number of amides is 2. The molecule has 0 radical (unpaired) electrons. The highest BCUT2D eigenvalue weighted by molar-refractivity contribution is 8.00. The van der Waals surface area contributed by atoms with E-state index >= 15 is 0 Å². The Hall–Kier alpha value is -3.89. The molecule has 0 aliphatic carbocycles. The Balaban J connectivity index is 1.60. The summed E-state index contributed by atoms with van der Waals surface area (Å²) in [5.41, 5.74) is 8.47. The van der Waals surface area contributed by atoms with Crippen molar-refractivity contribution in [2.45, 2.75) is 38.4 Å². The lowest BCUT2D eigenvalue weighted by Crippen LogP contribution is -2.31. The first kappa shape index (κ1) is 26.7. The molecule has 1 heterocycles. The summed E-state index contributed by atoms with van der Waals surface area (Å²) < 4.78 is 0.